The molecular formula is C10H14BrN3O3S. The van der Waals surface area contributed by atoms with Gasteiger partial charge in [0.1, 0.15) is 0 Å². The lowest BCUT2D eigenvalue weighted by molar-refractivity contribution is 0.0272. The van der Waals surface area contributed by atoms with Crippen molar-refractivity contribution in [3.63, 3.8) is 0 Å². The molecule has 1 aromatic carbocycles. The van der Waals surface area contributed by atoms with Crippen molar-refractivity contribution in [1.82, 2.24) is 9.84 Å². The molecule has 0 radical (unpaired) electrons. The van der Waals surface area contributed by atoms with E-state index in [9.17, 15) is 8.42 Å². The molecule has 1 saturated heterocycles. The molecule has 0 spiro atoms. The van der Waals surface area contributed by atoms with Crippen LogP contribution >= 0.6 is 15.9 Å². The van der Waals surface area contributed by atoms with Gasteiger partial charge in [-0.15, -0.1) is 4.83 Å². The lowest BCUT2D eigenvalue weighted by Crippen LogP contribution is -2.48. The zero-order chi connectivity index (χ0) is 13.2. The number of hydrogen-bond donors (Lipinski definition) is 2. The van der Waals surface area contributed by atoms with Gasteiger partial charge in [0.25, 0.3) is 10.0 Å². The number of morpholine rings is 1. The molecule has 3 N–H and O–H groups in total. The van der Waals surface area contributed by atoms with E-state index in [1.54, 1.807) is 17.1 Å². The zero-order valence-electron chi connectivity index (χ0n) is 9.60. The van der Waals surface area contributed by atoms with Crippen molar-refractivity contribution in [1.29, 1.82) is 0 Å². The van der Waals surface area contributed by atoms with Crippen LogP contribution in [0.15, 0.2) is 27.6 Å². The number of nitrogen functional groups attached to an aromatic ring is 1. The van der Waals surface area contributed by atoms with Gasteiger partial charge >= 0.3 is 0 Å². The molecule has 6 nitrogen and oxygen atoms in total. The van der Waals surface area contributed by atoms with Crippen LogP contribution in [-0.2, 0) is 14.8 Å². The number of nitrogens with one attached hydrogen (secondary N) is 1. The predicted molar refractivity (Wildman–Crippen MR) is 71.3 cm³/mol. The average Bonchev–Trinajstić information content (AvgIpc) is 2.29. The monoisotopic (exact) mass is 335 g/mol. The number of halogens is 1. The van der Waals surface area contributed by atoms with Crippen LogP contribution in [-0.4, -0.2) is 39.7 Å². The van der Waals surface area contributed by atoms with Crippen molar-refractivity contribution < 1.29 is 13.2 Å². The van der Waals surface area contributed by atoms with Gasteiger partial charge in [-0.1, -0.05) is 0 Å². The summed E-state index contributed by atoms with van der Waals surface area (Å²) in [6.45, 7) is 2.11. The van der Waals surface area contributed by atoms with Gasteiger partial charge in [-0.3, -0.25) is 0 Å². The molecule has 1 fully saturated rings. The first-order valence-corrected chi connectivity index (χ1v) is 7.67. The summed E-state index contributed by atoms with van der Waals surface area (Å²) in [4.78, 5) is 2.70. The maximum Gasteiger partial charge on any atom is 0.254 e. The standard InChI is InChI=1S/C10H14BrN3O3S/c11-9-7-8(12)1-2-10(9)18(15,16)13-14-3-5-17-6-4-14/h1-2,7,13H,3-6,12H2. The minimum absolute atomic E-state index is 0.170. The van der Waals surface area contributed by atoms with Gasteiger partial charge < -0.3 is 10.5 Å². The third-order valence-electron chi connectivity index (χ3n) is 2.51. The summed E-state index contributed by atoms with van der Waals surface area (Å²) in [5.41, 5.74) is 6.09. The topological polar surface area (TPSA) is 84.7 Å². The molecule has 1 aliphatic heterocycles. The summed E-state index contributed by atoms with van der Waals surface area (Å²) in [7, 11) is -3.59. The molecule has 1 aromatic rings. The largest absolute Gasteiger partial charge is 0.399 e. The van der Waals surface area contributed by atoms with Crippen molar-refractivity contribution in [2.45, 2.75) is 4.90 Å². The highest BCUT2D eigenvalue weighted by atomic mass is 79.9. The Balaban J connectivity index is 2.19. The third-order valence-corrected chi connectivity index (χ3v) is 4.86. The van der Waals surface area contributed by atoms with Gasteiger partial charge in [0, 0.05) is 23.2 Å². The number of hydrazine groups is 1. The average molecular weight is 336 g/mol. The molecule has 0 aromatic heterocycles. The quantitative estimate of drug-likeness (QED) is 0.788. The molecule has 1 aliphatic rings. The van der Waals surface area contributed by atoms with Crippen molar-refractivity contribution in [2.75, 3.05) is 32.0 Å². The molecule has 0 aliphatic carbocycles. The van der Waals surface area contributed by atoms with Gasteiger partial charge in [-0.25, -0.2) is 13.4 Å². The Morgan fingerprint density at radius 1 is 1.33 bits per heavy atom. The normalized spacial score (nSPS) is 17.8. The lowest BCUT2D eigenvalue weighted by atomic mass is 10.3. The summed E-state index contributed by atoms with van der Waals surface area (Å²) in [5.74, 6) is 0. The highest BCUT2D eigenvalue weighted by molar-refractivity contribution is 9.10. The first kappa shape index (κ1) is 13.8. The van der Waals surface area contributed by atoms with E-state index in [0.717, 1.165) is 0 Å². The molecular weight excluding hydrogens is 322 g/mol. The number of ether oxygens (including phenoxy) is 1. The summed E-state index contributed by atoms with van der Waals surface area (Å²) < 4.78 is 29.9. The van der Waals surface area contributed by atoms with Crippen molar-refractivity contribution in [3.05, 3.63) is 22.7 Å². The van der Waals surface area contributed by atoms with E-state index in [4.69, 9.17) is 10.5 Å². The minimum Gasteiger partial charge on any atom is -0.399 e. The van der Waals surface area contributed by atoms with E-state index >= 15 is 0 Å². The molecule has 0 amide bonds. The second-order valence-electron chi connectivity index (χ2n) is 3.88. The molecule has 8 heteroatoms. The lowest BCUT2D eigenvalue weighted by Gasteiger charge is -2.26. The maximum atomic E-state index is 12.2. The van der Waals surface area contributed by atoms with E-state index in [0.29, 0.717) is 36.5 Å². The van der Waals surface area contributed by atoms with E-state index in [1.807, 2.05) is 0 Å². The first-order valence-electron chi connectivity index (χ1n) is 5.39. The highest BCUT2D eigenvalue weighted by Gasteiger charge is 2.22. The molecule has 1 heterocycles. The summed E-state index contributed by atoms with van der Waals surface area (Å²) in [5, 5.41) is 1.63. The van der Waals surface area contributed by atoms with Crippen LogP contribution in [0.1, 0.15) is 0 Å². The molecule has 0 unspecified atom stereocenters. The Labute approximate surface area is 114 Å². The Kier molecular flexibility index (Phi) is 4.23. The van der Waals surface area contributed by atoms with Gasteiger partial charge in [-0.05, 0) is 34.1 Å². The minimum atomic E-state index is -3.59. The Bertz CT molecular complexity index is 529. The van der Waals surface area contributed by atoms with Gasteiger partial charge in [0.05, 0.1) is 18.1 Å². The van der Waals surface area contributed by atoms with Crippen LogP contribution < -0.4 is 10.6 Å². The van der Waals surface area contributed by atoms with Crippen LogP contribution in [0.2, 0.25) is 0 Å². The van der Waals surface area contributed by atoms with Crippen molar-refractivity contribution in [3.8, 4) is 0 Å². The molecule has 100 valence electrons. The fourth-order valence-corrected chi connectivity index (χ4v) is 3.83. The van der Waals surface area contributed by atoms with Gasteiger partial charge in [0.2, 0.25) is 0 Å². The van der Waals surface area contributed by atoms with Crippen molar-refractivity contribution >= 4 is 31.6 Å². The zero-order valence-corrected chi connectivity index (χ0v) is 12.0. The smallest absolute Gasteiger partial charge is 0.254 e. The number of rotatable bonds is 3. The fourth-order valence-electron chi connectivity index (χ4n) is 1.61. The molecule has 0 atom stereocenters. The second-order valence-corrected chi connectivity index (χ2v) is 6.37. The van der Waals surface area contributed by atoms with Crippen LogP contribution in [0.4, 0.5) is 5.69 Å². The van der Waals surface area contributed by atoms with Gasteiger partial charge in [-0.2, -0.15) is 0 Å². The van der Waals surface area contributed by atoms with Gasteiger partial charge in [0.15, 0.2) is 0 Å². The molecule has 0 bridgehead atoms. The fraction of sp³-hybridized carbons (Fsp3) is 0.400. The summed E-state index contributed by atoms with van der Waals surface area (Å²) in [6, 6.07) is 4.59. The number of benzene rings is 1. The van der Waals surface area contributed by atoms with Crippen molar-refractivity contribution in [2.24, 2.45) is 0 Å². The Hall–Kier alpha value is -0.670. The Morgan fingerprint density at radius 3 is 2.61 bits per heavy atom. The first-order chi connectivity index (χ1) is 8.49. The predicted octanol–water partition coefficient (Wildman–Crippen LogP) is 0.557. The molecule has 0 saturated carbocycles. The third kappa shape index (κ3) is 3.21. The van der Waals surface area contributed by atoms with Crippen LogP contribution in [0, 0.1) is 0 Å². The van der Waals surface area contributed by atoms with Crippen LogP contribution in [0.25, 0.3) is 0 Å². The van der Waals surface area contributed by atoms with E-state index in [2.05, 4.69) is 20.8 Å². The van der Waals surface area contributed by atoms with E-state index < -0.39 is 10.0 Å². The summed E-state index contributed by atoms with van der Waals surface area (Å²) in [6.07, 6.45) is 0. The van der Waals surface area contributed by atoms with E-state index in [-0.39, 0.29) is 4.90 Å². The maximum absolute atomic E-state index is 12.2. The van der Waals surface area contributed by atoms with Crippen LogP contribution in [0.3, 0.4) is 0 Å². The van der Waals surface area contributed by atoms with Crippen LogP contribution in [0.5, 0.6) is 0 Å². The number of hydrogen-bond acceptors (Lipinski definition) is 5. The number of nitrogens with two attached hydrogens (primary N) is 1. The molecule has 2 rings (SSSR count). The summed E-state index contributed by atoms with van der Waals surface area (Å²) >= 11 is 3.21. The Morgan fingerprint density at radius 2 is 2.00 bits per heavy atom. The SMILES string of the molecule is Nc1ccc(S(=O)(=O)NN2CCOCC2)c(Br)c1. The number of anilines is 1. The van der Waals surface area contributed by atoms with E-state index in [1.165, 1.54) is 6.07 Å². The highest BCUT2D eigenvalue weighted by Crippen LogP contribution is 2.24. The number of sulfonamides is 1. The molecule has 18 heavy (non-hydrogen) atoms. The number of nitrogens with zero attached hydrogens (tertiary/aromatic N) is 1. The second kappa shape index (κ2) is 5.54.